The van der Waals surface area contributed by atoms with E-state index in [0.717, 1.165) is 18.5 Å². The Labute approximate surface area is 185 Å². The van der Waals surface area contributed by atoms with Gasteiger partial charge in [-0.1, -0.05) is 35.9 Å². The molecule has 1 aliphatic rings. The Hall–Kier alpha value is -2.38. The Bertz CT molecular complexity index is 1000. The number of hydrogen-bond donors (Lipinski definition) is 0. The van der Waals surface area contributed by atoms with Gasteiger partial charge in [-0.3, -0.25) is 4.79 Å². The molecule has 2 aromatic rings. The monoisotopic (exact) mass is 444 g/mol. The first-order chi connectivity index (χ1) is 14.7. The second-order valence-corrected chi connectivity index (χ2v) is 10.7. The summed E-state index contributed by atoms with van der Waals surface area (Å²) < 4.78 is 30.0. The van der Waals surface area contributed by atoms with E-state index in [0.29, 0.717) is 30.9 Å². The predicted molar refractivity (Wildman–Crippen MR) is 123 cm³/mol. The summed E-state index contributed by atoms with van der Waals surface area (Å²) in [5.74, 6) is 0.681. The predicted octanol–water partition coefficient (Wildman–Crippen LogP) is 3.16. The minimum Gasteiger partial charge on any atom is -0.489 e. The summed E-state index contributed by atoms with van der Waals surface area (Å²) in [5.41, 5.74) is 2.76. The van der Waals surface area contributed by atoms with Crippen LogP contribution in [0.15, 0.2) is 48.5 Å². The van der Waals surface area contributed by atoms with E-state index in [9.17, 15) is 13.2 Å². The molecular formula is C24H32N2O4S. The molecule has 0 radical (unpaired) electrons. The minimum atomic E-state index is -3.08. The van der Waals surface area contributed by atoms with Crippen LogP contribution in [-0.4, -0.2) is 68.9 Å². The molecule has 1 amide bonds. The Morgan fingerprint density at radius 2 is 1.87 bits per heavy atom. The SMILES string of the molecule is Cc1cccc(COc2cccc(C(=O)N(CCCN(C)C)C3CCS(=O)(=O)C3)c2)c1. The molecule has 0 aromatic heterocycles. The van der Waals surface area contributed by atoms with Crippen molar-refractivity contribution in [1.82, 2.24) is 9.80 Å². The fourth-order valence-corrected chi connectivity index (χ4v) is 5.61. The van der Waals surface area contributed by atoms with Crippen LogP contribution >= 0.6 is 0 Å². The van der Waals surface area contributed by atoms with Crippen molar-refractivity contribution in [3.05, 3.63) is 65.2 Å². The molecule has 0 N–H and O–H groups in total. The molecule has 168 valence electrons. The third-order valence-corrected chi connectivity index (χ3v) is 7.23. The van der Waals surface area contributed by atoms with Crippen molar-refractivity contribution in [2.24, 2.45) is 0 Å². The van der Waals surface area contributed by atoms with Crippen molar-refractivity contribution in [2.45, 2.75) is 32.4 Å². The first-order valence-electron chi connectivity index (χ1n) is 10.7. The summed E-state index contributed by atoms with van der Waals surface area (Å²) >= 11 is 0. The standard InChI is InChI=1S/C24H32N2O4S/c1-19-7-4-8-20(15-19)17-30-23-10-5-9-21(16-23)24(27)26(13-6-12-25(2)3)22-11-14-31(28,29)18-22/h4-5,7-10,15-16,22H,6,11-14,17-18H2,1-3H3. The van der Waals surface area contributed by atoms with Crippen molar-refractivity contribution in [3.8, 4) is 5.75 Å². The maximum atomic E-state index is 13.4. The Morgan fingerprint density at radius 3 is 2.55 bits per heavy atom. The minimum absolute atomic E-state index is 0.0459. The number of amides is 1. The van der Waals surface area contributed by atoms with Crippen LogP contribution in [0.4, 0.5) is 0 Å². The van der Waals surface area contributed by atoms with Gasteiger partial charge in [-0.05, 0) is 64.2 Å². The van der Waals surface area contributed by atoms with Gasteiger partial charge in [0.2, 0.25) is 0 Å². The molecule has 0 bridgehead atoms. The first kappa shape index (κ1) is 23.3. The lowest BCUT2D eigenvalue weighted by Gasteiger charge is -2.29. The molecule has 2 aromatic carbocycles. The Morgan fingerprint density at radius 1 is 1.10 bits per heavy atom. The van der Waals surface area contributed by atoms with Gasteiger partial charge in [0.15, 0.2) is 9.84 Å². The number of aryl methyl sites for hydroxylation is 1. The summed E-state index contributed by atoms with van der Waals surface area (Å²) in [4.78, 5) is 17.2. The van der Waals surface area contributed by atoms with Crippen LogP contribution in [0.3, 0.4) is 0 Å². The van der Waals surface area contributed by atoms with Crippen molar-refractivity contribution in [2.75, 3.05) is 38.7 Å². The summed E-state index contributed by atoms with van der Waals surface area (Å²) in [6.45, 7) is 3.83. The molecule has 1 fully saturated rings. The lowest BCUT2D eigenvalue weighted by Crippen LogP contribution is -2.42. The number of carbonyl (C=O) groups excluding carboxylic acids is 1. The van der Waals surface area contributed by atoms with Crippen molar-refractivity contribution < 1.29 is 17.9 Å². The molecule has 0 aliphatic carbocycles. The van der Waals surface area contributed by atoms with E-state index in [1.54, 1.807) is 17.0 Å². The van der Waals surface area contributed by atoms with Gasteiger partial charge in [0, 0.05) is 18.2 Å². The van der Waals surface area contributed by atoms with Crippen LogP contribution < -0.4 is 4.74 Å². The largest absolute Gasteiger partial charge is 0.489 e. The van der Waals surface area contributed by atoms with Gasteiger partial charge in [0.1, 0.15) is 12.4 Å². The number of hydrogen-bond acceptors (Lipinski definition) is 5. The van der Waals surface area contributed by atoms with E-state index in [1.165, 1.54) is 5.56 Å². The highest BCUT2D eigenvalue weighted by molar-refractivity contribution is 7.91. The van der Waals surface area contributed by atoms with Gasteiger partial charge in [-0.2, -0.15) is 0 Å². The molecule has 6 nitrogen and oxygen atoms in total. The molecule has 0 saturated carbocycles. The van der Waals surface area contributed by atoms with Gasteiger partial charge in [0.05, 0.1) is 11.5 Å². The molecule has 7 heteroatoms. The zero-order valence-electron chi connectivity index (χ0n) is 18.6. The topological polar surface area (TPSA) is 66.9 Å². The fourth-order valence-electron chi connectivity index (χ4n) is 3.88. The van der Waals surface area contributed by atoms with Crippen LogP contribution in [0, 0.1) is 6.92 Å². The van der Waals surface area contributed by atoms with Crippen LogP contribution in [0.1, 0.15) is 34.3 Å². The van der Waals surface area contributed by atoms with Crippen molar-refractivity contribution >= 4 is 15.7 Å². The van der Waals surface area contributed by atoms with Gasteiger partial charge in [-0.25, -0.2) is 8.42 Å². The highest BCUT2D eigenvalue weighted by atomic mass is 32.2. The van der Waals surface area contributed by atoms with Crippen LogP contribution in [0.2, 0.25) is 0 Å². The number of nitrogens with zero attached hydrogens (tertiary/aromatic N) is 2. The zero-order chi connectivity index (χ0) is 22.4. The molecule has 1 unspecified atom stereocenters. The number of sulfone groups is 1. The van der Waals surface area contributed by atoms with Crippen LogP contribution in [0.5, 0.6) is 5.75 Å². The maximum Gasteiger partial charge on any atom is 0.254 e. The lowest BCUT2D eigenvalue weighted by molar-refractivity contribution is 0.0690. The van der Waals surface area contributed by atoms with E-state index in [1.807, 2.05) is 51.4 Å². The van der Waals surface area contributed by atoms with Gasteiger partial charge < -0.3 is 14.5 Å². The van der Waals surface area contributed by atoms with Crippen molar-refractivity contribution in [1.29, 1.82) is 0 Å². The second-order valence-electron chi connectivity index (χ2n) is 8.52. The Kier molecular flexibility index (Phi) is 7.73. The highest BCUT2D eigenvalue weighted by Crippen LogP contribution is 2.23. The van der Waals surface area contributed by atoms with Gasteiger partial charge >= 0.3 is 0 Å². The first-order valence-corrected chi connectivity index (χ1v) is 12.5. The molecule has 0 spiro atoms. The number of ether oxygens (including phenoxy) is 1. The lowest BCUT2D eigenvalue weighted by atomic mass is 10.1. The normalized spacial score (nSPS) is 17.6. The fraction of sp³-hybridized carbons (Fsp3) is 0.458. The van der Waals surface area contributed by atoms with Gasteiger partial charge in [-0.15, -0.1) is 0 Å². The second kappa shape index (κ2) is 10.3. The van der Waals surface area contributed by atoms with Crippen LogP contribution in [0.25, 0.3) is 0 Å². The van der Waals surface area contributed by atoms with Crippen molar-refractivity contribution in [3.63, 3.8) is 0 Å². The Balaban J connectivity index is 1.73. The molecule has 1 aliphatic heterocycles. The van der Waals surface area contributed by atoms with E-state index in [2.05, 4.69) is 11.0 Å². The number of rotatable bonds is 9. The van der Waals surface area contributed by atoms with E-state index in [4.69, 9.17) is 4.74 Å². The number of carbonyl (C=O) groups is 1. The molecule has 1 atom stereocenters. The van der Waals surface area contributed by atoms with E-state index in [-0.39, 0.29) is 23.5 Å². The zero-order valence-corrected chi connectivity index (χ0v) is 19.4. The third kappa shape index (κ3) is 6.80. The van der Waals surface area contributed by atoms with Crippen LogP contribution in [-0.2, 0) is 16.4 Å². The average molecular weight is 445 g/mol. The smallest absolute Gasteiger partial charge is 0.254 e. The molecule has 31 heavy (non-hydrogen) atoms. The molecule has 3 rings (SSSR count). The molecular weight excluding hydrogens is 412 g/mol. The quantitative estimate of drug-likeness (QED) is 0.594. The molecule has 1 saturated heterocycles. The summed E-state index contributed by atoms with van der Waals surface area (Å²) in [7, 11) is 0.897. The summed E-state index contributed by atoms with van der Waals surface area (Å²) in [5, 5.41) is 0. The van der Waals surface area contributed by atoms with Gasteiger partial charge in [0.25, 0.3) is 5.91 Å². The highest BCUT2D eigenvalue weighted by Gasteiger charge is 2.34. The third-order valence-electron chi connectivity index (χ3n) is 5.48. The summed E-state index contributed by atoms with van der Waals surface area (Å²) in [6, 6.07) is 15.0. The number of benzene rings is 2. The average Bonchev–Trinajstić information content (AvgIpc) is 3.08. The van der Waals surface area contributed by atoms with E-state index < -0.39 is 9.84 Å². The van der Waals surface area contributed by atoms with E-state index >= 15 is 0 Å². The molecule has 1 heterocycles. The summed E-state index contributed by atoms with van der Waals surface area (Å²) in [6.07, 6.45) is 1.29. The maximum absolute atomic E-state index is 13.4.